The number of thiazole rings is 1. The van der Waals surface area contributed by atoms with Crippen LogP contribution in [0.15, 0.2) is 64.2 Å². The number of H-pyrrole nitrogens is 1. The number of nitrogens with zero attached hydrogens (tertiary/aromatic N) is 2. The molecule has 1 atom stereocenters. The first-order chi connectivity index (χ1) is 12.7. The van der Waals surface area contributed by atoms with Gasteiger partial charge in [0.2, 0.25) is 0 Å². The molecule has 26 heavy (non-hydrogen) atoms. The van der Waals surface area contributed by atoms with E-state index in [4.69, 9.17) is 0 Å². The molecule has 0 aliphatic carbocycles. The van der Waals surface area contributed by atoms with Crippen molar-refractivity contribution in [2.75, 3.05) is 0 Å². The van der Waals surface area contributed by atoms with Crippen LogP contribution < -0.4 is 5.43 Å². The molecule has 0 saturated carbocycles. The molecule has 0 saturated heterocycles. The lowest BCUT2D eigenvalue weighted by atomic mass is 10.2. The molecule has 130 valence electrons. The van der Waals surface area contributed by atoms with E-state index in [1.165, 1.54) is 11.8 Å². The molecule has 7 heteroatoms. The Morgan fingerprint density at radius 1 is 1.27 bits per heavy atom. The van der Waals surface area contributed by atoms with Crippen molar-refractivity contribution in [3.8, 4) is 0 Å². The molecule has 4 aromatic rings. The summed E-state index contributed by atoms with van der Waals surface area (Å²) in [6.07, 6.45) is 3.53. The van der Waals surface area contributed by atoms with Gasteiger partial charge < -0.3 is 4.98 Å². The van der Waals surface area contributed by atoms with Crippen molar-refractivity contribution < 1.29 is 4.79 Å². The van der Waals surface area contributed by atoms with Crippen LogP contribution in [-0.2, 0) is 4.79 Å². The Morgan fingerprint density at radius 2 is 2.08 bits per heavy atom. The quantitative estimate of drug-likeness (QED) is 0.306. The number of thioether (sulfide) groups is 1. The van der Waals surface area contributed by atoms with Crippen molar-refractivity contribution in [1.29, 1.82) is 0 Å². The van der Waals surface area contributed by atoms with Crippen LogP contribution in [0.4, 0.5) is 0 Å². The summed E-state index contributed by atoms with van der Waals surface area (Å²) < 4.78 is 2.01. The van der Waals surface area contributed by atoms with Crippen molar-refractivity contribution in [2.24, 2.45) is 5.10 Å². The minimum absolute atomic E-state index is 0.148. The largest absolute Gasteiger partial charge is 0.361 e. The van der Waals surface area contributed by atoms with E-state index in [9.17, 15) is 4.79 Å². The summed E-state index contributed by atoms with van der Waals surface area (Å²) in [5.41, 5.74) is 5.55. The number of amides is 1. The number of rotatable bonds is 5. The minimum atomic E-state index is -0.282. The maximum atomic E-state index is 12.3. The Bertz CT molecular complexity index is 1070. The highest BCUT2D eigenvalue weighted by Crippen LogP contribution is 2.31. The van der Waals surface area contributed by atoms with Crippen LogP contribution in [0.3, 0.4) is 0 Å². The third kappa shape index (κ3) is 3.49. The molecule has 0 aliphatic heterocycles. The molecular formula is C19H16N4OS2. The Morgan fingerprint density at radius 3 is 2.96 bits per heavy atom. The Labute approximate surface area is 158 Å². The predicted octanol–water partition coefficient (Wildman–Crippen LogP) is 4.41. The lowest BCUT2D eigenvalue weighted by Gasteiger charge is -2.06. The molecule has 0 radical (unpaired) electrons. The molecule has 0 bridgehead atoms. The summed E-state index contributed by atoms with van der Waals surface area (Å²) in [6, 6.07) is 15.9. The van der Waals surface area contributed by atoms with Gasteiger partial charge in [-0.15, -0.1) is 11.3 Å². The van der Waals surface area contributed by atoms with Gasteiger partial charge in [0, 0.05) is 22.7 Å². The summed E-state index contributed by atoms with van der Waals surface area (Å²) in [5.74, 6) is -0.148. The number of aromatic amines is 1. The number of hydrogen-bond acceptors (Lipinski definition) is 5. The average Bonchev–Trinajstić information content (AvgIpc) is 3.25. The van der Waals surface area contributed by atoms with Gasteiger partial charge in [0.1, 0.15) is 0 Å². The summed E-state index contributed by atoms with van der Waals surface area (Å²) >= 11 is 3.04. The van der Waals surface area contributed by atoms with Crippen LogP contribution in [0.5, 0.6) is 0 Å². The highest BCUT2D eigenvalue weighted by atomic mass is 32.2. The summed E-state index contributed by atoms with van der Waals surface area (Å²) in [5, 5.41) is 4.88. The van der Waals surface area contributed by atoms with Crippen molar-refractivity contribution in [2.45, 2.75) is 16.5 Å². The van der Waals surface area contributed by atoms with E-state index >= 15 is 0 Å². The van der Waals surface area contributed by atoms with Gasteiger partial charge in [0.15, 0.2) is 4.34 Å². The van der Waals surface area contributed by atoms with Crippen LogP contribution in [0.2, 0.25) is 0 Å². The molecular weight excluding hydrogens is 364 g/mol. The van der Waals surface area contributed by atoms with Crippen LogP contribution >= 0.6 is 23.1 Å². The topological polar surface area (TPSA) is 70.1 Å². The molecule has 0 aliphatic rings. The van der Waals surface area contributed by atoms with Crippen molar-refractivity contribution in [1.82, 2.24) is 15.4 Å². The highest BCUT2D eigenvalue weighted by Gasteiger charge is 2.16. The van der Waals surface area contributed by atoms with Crippen LogP contribution in [0.1, 0.15) is 12.5 Å². The molecule has 2 aromatic carbocycles. The zero-order chi connectivity index (χ0) is 17.9. The second-order valence-electron chi connectivity index (χ2n) is 5.73. The summed E-state index contributed by atoms with van der Waals surface area (Å²) in [4.78, 5) is 20.0. The van der Waals surface area contributed by atoms with Gasteiger partial charge in [-0.05, 0) is 25.1 Å². The molecule has 2 N–H and O–H groups in total. The number of hydrazone groups is 1. The Hall–Kier alpha value is -2.64. The first-order valence-corrected chi connectivity index (χ1v) is 9.81. The van der Waals surface area contributed by atoms with Gasteiger partial charge in [0.25, 0.3) is 5.91 Å². The van der Waals surface area contributed by atoms with Crippen LogP contribution in [0.25, 0.3) is 21.1 Å². The van der Waals surface area contributed by atoms with E-state index in [1.54, 1.807) is 17.6 Å². The first kappa shape index (κ1) is 16.8. The fraction of sp³-hybridized carbons (Fsp3) is 0.105. The second-order valence-corrected chi connectivity index (χ2v) is 8.35. The zero-order valence-electron chi connectivity index (χ0n) is 14.0. The number of carbonyl (C=O) groups excluding carboxylic acids is 1. The van der Waals surface area contributed by atoms with E-state index in [0.29, 0.717) is 0 Å². The first-order valence-electron chi connectivity index (χ1n) is 8.12. The van der Waals surface area contributed by atoms with E-state index in [1.807, 2.05) is 61.7 Å². The van der Waals surface area contributed by atoms with Crippen LogP contribution in [0, 0.1) is 0 Å². The maximum Gasteiger partial charge on any atom is 0.253 e. The van der Waals surface area contributed by atoms with Gasteiger partial charge in [-0.1, -0.05) is 42.1 Å². The fourth-order valence-corrected chi connectivity index (χ4v) is 4.77. The van der Waals surface area contributed by atoms with Gasteiger partial charge in [0.05, 0.1) is 21.7 Å². The summed E-state index contributed by atoms with van der Waals surface area (Å²) in [6.45, 7) is 1.85. The third-order valence-electron chi connectivity index (χ3n) is 3.92. The predicted molar refractivity (Wildman–Crippen MR) is 109 cm³/mol. The highest BCUT2D eigenvalue weighted by molar-refractivity contribution is 8.02. The van der Waals surface area contributed by atoms with E-state index in [-0.39, 0.29) is 11.2 Å². The number of nitrogens with one attached hydrogen (secondary N) is 2. The fourth-order valence-electron chi connectivity index (χ4n) is 2.56. The van der Waals surface area contributed by atoms with Gasteiger partial charge in [-0.2, -0.15) is 5.10 Å². The molecule has 1 amide bonds. The lowest BCUT2D eigenvalue weighted by Crippen LogP contribution is -2.26. The summed E-state index contributed by atoms with van der Waals surface area (Å²) in [7, 11) is 0. The number of carbonyl (C=O) groups is 1. The smallest absolute Gasteiger partial charge is 0.253 e. The number of fused-ring (bicyclic) bond motifs is 2. The molecule has 2 aromatic heterocycles. The lowest BCUT2D eigenvalue weighted by molar-refractivity contribution is -0.120. The van der Waals surface area contributed by atoms with E-state index in [0.717, 1.165) is 31.0 Å². The Balaban J connectivity index is 1.39. The minimum Gasteiger partial charge on any atom is -0.361 e. The number of benzene rings is 2. The molecule has 5 nitrogen and oxygen atoms in total. The number of aromatic nitrogens is 2. The number of hydrogen-bond donors (Lipinski definition) is 2. The second kappa shape index (κ2) is 7.31. The zero-order valence-corrected chi connectivity index (χ0v) is 15.6. The third-order valence-corrected chi connectivity index (χ3v) is 6.15. The molecule has 0 fully saturated rings. The van der Waals surface area contributed by atoms with Crippen molar-refractivity contribution in [3.05, 3.63) is 60.3 Å². The molecule has 4 rings (SSSR count). The maximum absolute atomic E-state index is 12.3. The normalized spacial score (nSPS) is 12.8. The van der Waals surface area contributed by atoms with Gasteiger partial charge in [-0.25, -0.2) is 10.4 Å². The van der Waals surface area contributed by atoms with E-state index in [2.05, 4.69) is 20.5 Å². The SMILES string of the molecule is CC(Sc1nc2ccccc2s1)C(=O)NN=Cc1c[nH]c2ccccc12. The van der Waals surface area contributed by atoms with Crippen molar-refractivity contribution in [3.63, 3.8) is 0 Å². The average molecular weight is 380 g/mol. The Kier molecular flexibility index (Phi) is 4.73. The van der Waals surface area contributed by atoms with Crippen molar-refractivity contribution >= 4 is 56.3 Å². The molecule has 2 heterocycles. The monoisotopic (exact) mass is 380 g/mol. The van der Waals surface area contributed by atoms with Crippen LogP contribution in [-0.4, -0.2) is 27.3 Å². The molecule has 0 spiro atoms. The number of para-hydroxylation sites is 2. The van der Waals surface area contributed by atoms with Gasteiger partial charge >= 0.3 is 0 Å². The standard InChI is InChI=1S/C19H16N4OS2/c1-12(25-19-22-16-8-4-5-9-17(16)26-19)18(24)23-21-11-13-10-20-15-7-3-2-6-14(13)15/h2-12,20H,1H3,(H,23,24). The molecule has 1 unspecified atom stereocenters. The van der Waals surface area contributed by atoms with E-state index < -0.39 is 0 Å². The van der Waals surface area contributed by atoms with Gasteiger partial charge in [-0.3, -0.25) is 4.79 Å².